The summed E-state index contributed by atoms with van der Waals surface area (Å²) >= 11 is 1.64. The zero-order valence-electron chi connectivity index (χ0n) is 11.3. The number of anilines is 1. The molecule has 0 unspecified atom stereocenters. The second-order valence-corrected chi connectivity index (χ2v) is 5.61. The first-order chi connectivity index (χ1) is 9.60. The molecule has 20 heavy (non-hydrogen) atoms. The van der Waals surface area contributed by atoms with Gasteiger partial charge in [-0.05, 0) is 43.4 Å². The van der Waals surface area contributed by atoms with E-state index in [9.17, 15) is 9.59 Å². The molecule has 0 heterocycles. The number of amides is 2. The summed E-state index contributed by atoms with van der Waals surface area (Å²) in [7, 11) is 0. The normalized spacial score (nSPS) is 13.8. The van der Waals surface area contributed by atoms with E-state index in [2.05, 4.69) is 5.32 Å². The van der Waals surface area contributed by atoms with Crippen LogP contribution in [0.5, 0.6) is 0 Å². The maximum atomic E-state index is 12.2. The summed E-state index contributed by atoms with van der Waals surface area (Å²) in [6.07, 6.45) is 3.89. The molecule has 0 spiro atoms. The van der Waals surface area contributed by atoms with Gasteiger partial charge in [-0.25, -0.2) is 4.79 Å². The van der Waals surface area contributed by atoms with Gasteiger partial charge in [0.1, 0.15) is 0 Å². The number of rotatable bonds is 6. The van der Waals surface area contributed by atoms with Crippen LogP contribution in [0.4, 0.5) is 10.5 Å². The van der Waals surface area contributed by atoms with Gasteiger partial charge in [-0.2, -0.15) is 0 Å². The fourth-order valence-electron chi connectivity index (χ4n) is 1.92. The smallest absolute Gasteiger partial charge is 0.322 e. The highest BCUT2D eigenvalue weighted by Crippen LogP contribution is 2.27. The average Bonchev–Trinajstić information content (AvgIpc) is 3.24. The molecule has 2 N–H and O–H groups in total. The number of carbonyl (C=O) groups is 2. The molecule has 108 valence electrons. The van der Waals surface area contributed by atoms with Crippen LogP contribution in [0.2, 0.25) is 0 Å². The van der Waals surface area contributed by atoms with Crippen molar-refractivity contribution in [2.75, 3.05) is 18.1 Å². The van der Waals surface area contributed by atoms with Gasteiger partial charge in [-0.1, -0.05) is 0 Å². The maximum Gasteiger partial charge on any atom is 0.322 e. The van der Waals surface area contributed by atoms with Crippen LogP contribution in [0, 0.1) is 0 Å². The van der Waals surface area contributed by atoms with Gasteiger partial charge in [0.2, 0.25) is 0 Å². The Balaban J connectivity index is 1.94. The summed E-state index contributed by atoms with van der Waals surface area (Å²) in [5.74, 6) is -0.882. The number of hydrogen-bond acceptors (Lipinski definition) is 3. The van der Waals surface area contributed by atoms with Crippen LogP contribution in [0.15, 0.2) is 29.2 Å². The lowest BCUT2D eigenvalue weighted by atomic mass is 10.3. The molecule has 0 aromatic heterocycles. The number of urea groups is 1. The third kappa shape index (κ3) is 4.16. The largest absolute Gasteiger partial charge is 0.481 e. The van der Waals surface area contributed by atoms with Crippen molar-refractivity contribution < 1.29 is 14.7 Å². The average molecular weight is 294 g/mol. The summed E-state index contributed by atoms with van der Waals surface area (Å²) in [6, 6.07) is 7.57. The lowest BCUT2D eigenvalue weighted by molar-refractivity contribution is -0.137. The summed E-state index contributed by atoms with van der Waals surface area (Å²) in [6.45, 7) is 0.259. The molecule has 0 saturated heterocycles. The molecule has 0 bridgehead atoms. The van der Waals surface area contributed by atoms with Gasteiger partial charge < -0.3 is 15.3 Å². The van der Waals surface area contributed by atoms with Gasteiger partial charge in [0.25, 0.3) is 0 Å². The lowest BCUT2D eigenvalue weighted by Gasteiger charge is -2.22. The predicted molar refractivity (Wildman–Crippen MR) is 79.2 cm³/mol. The number of carboxylic acid groups (broad SMARTS) is 1. The number of carboxylic acids is 1. The number of nitrogens with zero attached hydrogens (tertiary/aromatic N) is 1. The molecular formula is C14H18N2O3S. The Hall–Kier alpha value is -1.69. The minimum Gasteiger partial charge on any atom is -0.481 e. The first-order valence-corrected chi connectivity index (χ1v) is 7.76. The molecule has 1 aliphatic rings. The van der Waals surface area contributed by atoms with Crippen molar-refractivity contribution in [3.63, 3.8) is 0 Å². The van der Waals surface area contributed by atoms with Crippen molar-refractivity contribution in [3.8, 4) is 0 Å². The summed E-state index contributed by atoms with van der Waals surface area (Å²) in [4.78, 5) is 25.6. The van der Waals surface area contributed by atoms with E-state index in [1.807, 2.05) is 30.5 Å². The number of benzene rings is 1. The molecule has 6 heteroatoms. The Morgan fingerprint density at radius 3 is 2.50 bits per heavy atom. The number of carbonyl (C=O) groups excluding carboxylic acids is 1. The van der Waals surface area contributed by atoms with E-state index in [4.69, 9.17) is 5.11 Å². The molecule has 0 atom stereocenters. The topological polar surface area (TPSA) is 69.6 Å². The van der Waals surface area contributed by atoms with Crippen LogP contribution in [0.25, 0.3) is 0 Å². The van der Waals surface area contributed by atoms with Crippen LogP contribution in [-0.2, 0) is 4.79 Å². The highest BCUT2D eigenvalue weighted by Gasteiger charge is 2.32. The second-order valence-electron chi connectivity index (χ2n) is 4.73. The Labute approximate surface area is 122 Å². The predicted octanol–water partition coefficient (Wildman–Crippen LogP) is 2.88. The minimum absolute atomic E-state index is 0.0185. The summed E-state index contributed by atoms with van der Waals surface area (Å²) in [5, 5.41) is 11.6. The van der Waals surface area contributed by atoms with Crippen LogP contribution in [0.1, 0.15) is 19.3 Å². The first kappa shape index (κ1) is 14.7. The first-order valence-electron chi connectivity index (χ1n) is 6.53. The number of hydrogen-bond donors (Lipinski definition) is 2. The molecule has 2 rings (SSSR count). The molecule has 1 fully saturated rings. The third-order valence-electron chi connectivity index (χ3n) is 3.16. The van der Waals surface area contributed by atoms with Gasteiger partial charge >= 0.3 is 12.0 Å². The standard InChI is InChI=1S/C14H18N2O3S/c1-20-12-6-2-10(3-7-12)15-14(19)16(11-4-5-11)9-8-13(17)18/h2-3,6-7,11H,4-5,8-9H2,1H3,(H,15,19)(H,17,18). The van der Waals surface area contributed by atoms with Gasteiger partial charge in [0, 0.05) is 23.2 Å². The quantitative estimate of drug-likeness (QED) is 0.792. The molecule has 1 aromatic rings. The second kappa shape index (κ2) is 6.65. The van der Waals surface area contributed by atoms with E-state index in [1.165, 1.54) is 0 Å². The maximum absolute atomic E-state index is 12.2. The fourth-order valence-corrected chi connectivity index (χ4v) is 2.33. The van der Waals surface area contributed by atoms with E-state index >= 15 is 0 Å². The Kier molecular flexibility index (Phi) is 4.89. The molecule has 1 aromatic carbocycles. The van der Waals surface area contributed by atoms with Crippen molar-refractivity contribution in [2.45, 2.75) is 30.2 Å². The number of aliphatic carboxylic acids is 1. The van der Waals surface area contributed by atoms with Crippen molar-refractivity contribution in [1.29, 1.82) is 0 Å². The monoisotopic (exact) mass is 294 g/mol. The van der Waals surface area contributed by atoms with E-state index in [0.29, 0.717) is 0 Å². The summed E-state index contributed by atoms with van der Waals surface area (Å²) in [5.41, 5.74) is 0.730. The van der Waals surface area contributed by atoms with Crippen LogP contribution >= 0.6 is 11.8 Å². The van der Waals surface area contributed by atoms with Crippen molar-refractivity contribution in [1.82, 2.24) is 4.90 Å². The van der Waals surface area contributed by atoms with Gasteiger partial charge in [-0.3, -0.25) is 4.79 Å². The Morgan fingerprint density at radius 1 is 1.35 bits per heavy atom. The Bertz CT molecular complexity index is 486. The summed E-state index contributed by atoms with van der Waals surface area (Å²) < 4.78 is 0. The highest BCUT2D eigenvalue weighted by molar-refractivity contribution is 7.98. The molecular weight excluding hydrogens is 276 g/mol. The minimum atomic E-state index is -0.882. The highest BCUT2D eigenvalue weighted by atomic mass is 32.2. The van der Waals surface area contributed by atoms with E-state index in [-0.39, 0.29) is 25.0 Å². The number of nitrogens with one attached hydrogen (secondary N) is 1. The zero-order valence-corrected chi connectivity index (χ0v) is 12.2. The van der Waals surface area contributed by atoms with Crippen LogP contribution < -0.4 is 5.32 Å². The van der Waals surface area contributed by atoms with Gasteiger partial charge in [-0.15, -0.1) is 11.8 Å². The molecule has 1 aliphatic carbocycles. The van der Waals surface area contributed by atoms with Crippen molar-refractivity contribution in [3.05, 3.63) is 24.3 Å². The van der Waals surface area contributed by atoms with E-state index in [1.54, 1.807) is 16.7 Å². The van der Waals surface area contributed by atoms with Crippen molar-refractivity contribution in [2.24, 2.45) is 0 Å². The van der Waals surface area contributed by atoms with E-state index < -0.39 is 5.97 Å². The molecule has 2 amide bonds. The third-order valence-corrected chi connectivity index (χ3v) is 3.90. The van der Waals surface area contributed by atoms with Crippen LogP contribution in [-0.4, -0.2) is 40.8 Å². The molecule has 0 radical (unpaired) electrons. The molecule has 0 aliphatic heterocycles. The Morgan fingerprint density at radius 2 is 2.00 bits per heavy atom. The van der Waals surface area contributed by atoms with E-state index in [0.717, 1.165) is 23.4 Å². The zero-order chi connectivity index (χ0) is 14.5. The van der Waals surface area contributed by atoms with Gasteiger partial charge in [0.15, 0.2) is 0 Å². The molecule has 5 nitrogen and oxygen atoms in total. The van der Waals surface area contributed by atoms with Crippen LogP contribution in [0.3, 0.4) is 0 Å². The van der Waals surface area contributed by atoms with Crippen molar-refractivity contribution >= 4 is 29.4 Å². The molecule has 1 saturated carbocycles. The number of thioether (sulfide) groups is 1. The SMILES string of the molecule is CSc1ccc(NC(=O)N(CCC(=O)O)C2CC2)cc1. The lowest BCUT2D eigenvalue weighted by Crippen LogP contribution is -2.38. The fraction of sp³-hybridized carbons (Fsp3) is 0.429. The van der Waals surface area contributed by atoms with Gasteiger partial charge in [0.05, 0.1) is 6.42 Å².